The molecule has 0 saturated heterocycles. The predicted octanol–water partition coefficient (Wildman–Crippen LogP) is 1.31. The zero-order chi connectivity index (χ0) is 12.3. The fraction of sp³-hybridized carbons (Fsp3) is 0.846. The van der Waals surface area contributed by atoms with Crippen LogP contribution in [-0.4, -0.2) is 18.5 Å². The summed E-state index contributed by atoms with van der Waals surface area (Å²) in [5, 5.41) is 12.0. The molecule has 0 aromatic rings. The second-order valence-electron chi connectivity index (χ2n) is 5.57. The minimum Gasteiger partial charge on any atom is -0.352 e. The summed E-state index contributed by atoms with van der Waals surface area (Å²) in [6.07, 6.45) is 6.79. The van der Waals surface area contributed by atoms with Gasteiger partial charge in [-0.15, -0.1) is 0 Å². The third-order valence-corrected chi connectivity index (χ3v) is 4.41. The third kappa shape index (κ3) is 2.61. The monoisotopic (exact) mass is 235 g/mol. The van der Waals surface area contributed by atoms with Gasteiger partial charge >= 0.3 is 0 Å². The van der Waals surface area contributed by atoms with E-state index in [1.807, 2.05) is 0 Å². The molecule has 0 heterocycles. The van der Waals surface area contributed by atoms with Crippen LogP contribution in [0.25, 0.3) is 0 Å². The predicted molar refractivity (Wildman–Crippen MR) is 64.8 cm³/mol. The molecule has 3 N–H and O–H groups in total. The smallest absolute Gasteiger partial charge is 0.220 e. The van der Waals surface area contributed by atoms with Crippen LogP contribution in [0.5, 0.6) is 0 Å². The highest BCUT2D eigenvalue weighted by Gasteiger charge is 2.38. The van der Waals surface area contributed by atoms with Crippen molar-refractivity contribution in [3.8, 4) is 6.07 Å². The van der Waals surface area contributed by atoms with Crippen molar-refractivity contribution in [3.63, 3.8) is 0 Å². The van der Waals surface area contributed by atoms with Crippen molar-refractivity contribution in [1.82, 2.24) is 5.32 Å². The zero-order valence-corrected chi connectivity index (χ0v) is 10.2. The number of carbonyl (C=O) groups excluding carboxylic acids is 1. The maximum Gasteiger partial charge on any atom is 0.220 e. The number of rotatable bonds is 4. The van der Waals surface area contributed by atoms with Gasteiger partial charge < -0.3 is 11.1 Å². The van der Waals surface area contributed by atoms with E-state index in [0.717, 1.165) is 32.1 Å². The van der Waals surface area contributed by atoms with Crippen molar-refractivity contribution in [2.45, 2.75) is 51.0 Å². The number of carbonyl (C=O) groups is 1. The van der Waals surface area contributed by atoms with E-state index in [1.165, 1.54) is 6.42 Å². The molecule has 2 unspecified atom stereocenters. The largest absolute Gasteiger partial charge is 0.352 e. The van der Waals surface area contributed by atoms with E-state index in [9.17, 15) is 4.79 Å². The lowest BCUT2D eigenvalue weighted by Crippen LogP contribution is -2.44. The number of nitriles is 1. The van der Waals surface area contributed by atoms with Crippen LogP contribution in [-0.2, 0) is 4.79 Å². The maximum atomic E-state index is 12.0. The van der Waals surface area contributed by atoms with E-state index in [0.29, 0.717) is 13.0 Å². The Hall–Kier alpha value is -1.08. The number of hydrogen-bond donors (Lipinski definition) is 2. The molecule has 0 aromatic heterocycles. The molecular weight excluding hydrogens is 214 g/mol. The summed E-state index contributed by atoms with van der Waals surface area (Å²) >= 11 is 0. The Bertz CT molecular complexity index is 325. The second kappa shape index (κ2) is 5.05. The molecule has 2 aliphatic carbocycles. The van der Waals surface area contributed by atoms with Gasteiger partial charge in [0.1, 0.15) is 0 Å². The van der Waals surface area contributed by atoms with Crippen LogP contribution in [0.4, 0.5) is 0 Å². The van der Waals surface area contributed by atoms with Gasteiger partial charge in [0, 0.05) is 12.5 Å². The molecule has 94 valence electrons. The SMILES string of the molecule is N#CC1CCCC1NC(=O)CC1(CN)CCC1. The van der Waals surface area contributed by atoms with E-state index in [4.69, 9.17) is 11.0 Å². The second-order valence-corrected chi connectivity index (χ2v) is 5.57. The summed E-state index contributed by atoms with van der Waals surface area (Å²) in [6.45, 7) is 0.604. The molecule has 2 fully saturated rings. The molecule has 0 radical (unpaired) electrons. The van der Waals surface area contributed by atoms with Crippen molar-refractivity contribution in [1.29, 1.82) is 5.26 Å². The first-order chi connectivity index (χ1) is 8.19. The topological polar surface area (TPSA) is 78.9 Å². The maximum absolute atomic E-state index is 12.0. The highest BCUT2D eigenvalue weighted by Crippen LogP contribution is 2.42. The van der Waals surface area contributed by atoms with Gasteiger partial charge in [0.2, 0.25) is 5.91 Å². The first-order valence-electron chi connectivity index (χ1n) is 6.58. The standard InChI is InChI=1S/C13H21N3O/c14-8-10-3-1-4-11(10)16-12(17)7-13(9-15)5-2-6-13/h10-11H,1-7,9,15H2,(H,16,17). The Morgan fingerprint density at radius 3 is 2.71 bits per heavy atom. The summed E-state index contributed by atoms with van der Waals surface area (Å²) in [5.74, 6) is 0.0940. The van der Waals surface area contributed by atoms with E-state index in [1.54, 1.807) is 0 Å². The minimum atomic E-state index is 0.00849. The molecule has 0 bridgehead atoms. The minimum absolute atomic E-state index is 0.00849. The first-order valence-corrected chi connectivity index (χ1v) is 6.58. The average Bonchev–Trinajstić information content (AvgIpc) is 2.70. The summed E-state index contributed by atoms with van der Waals surface area (Å²) in [7, 11) is 0. The third-order valence-electron chi connectivity index (χ3n) is 4.41. The summed E-state index contributed by atoms with van der Waals surface area (Å²) in [6, 6.07) is 2.36. The van der Waals surface area contributed by atoms with Crippen LogP contribution in [0.1, 0.15) is 44.9 Å². The van der Waals surface area contributed by atoms with Gasteiger partial charge in [0.25, 0.3) is 0 Å². The fourth-order valence-corrected chi connectivity index (χ4v) is 3.02. The molecule has 2 aliphatic rings. The van der Waals surface area contributed by atoms with Gasteiger partial charge in [0.05, 0.1) is 12.0 Å². The highest BCUT2D eigenvalue weighted by molar-refractivity contribution is 5.77. The van der Waals surface area contributed by atoms with Gasteiger partial charge in [0.15, 0.2) is 0 Å². The van der Waals surface area contributed by atoms with Crippen LogP contribution in [0.2, 0.25) is 0 Å². The summed E-state index contributed by atoms with van der Waals surface area (Å²) < 4.78 is 0. The molecule has 4 nitrogen and oxygen atoms in total. The van der Waals surface area contributed by atoms with Crippen LogP contribution in [0.3, 0.4) is 0 Å². The number of nitrogens with zero attached hydrogens (tertiary/aromatic N) is 1. The Labute approximate surface area is 103 Å². The Kier molecular flexibility index (Phi) is 3.68. The van der Waals surface area contributed by atoms with Crippen LogP contribution < -0.4 is 11.1 Å². The van der Waals surface area contributed by atoms with Crippen molar-refractivity contribution in [2.24, 2.45) is 17.1 Å². The molecule has 0 aromatic carbocycles. The fourth-order valence-electron chi connectivity index (χ4n) is 3.02. The lowest BCUT2D eigenvalue weighted by molar-refractivity contribution is -0.125. The van der Waals surface area contributed by atoms with E-state index in [-0.39, 0.29) is 23.3 Å². The number of hydrogen-bond acceptors (Lipinski definition) is 3. The molecule has 2 saturated carbocycles. The molecule has 2 atom stereocenters. The van der Waals surface area contributed by atoms with E-state index in [2.05, 4.69) is 11.4 Å². The lowest BCUT2D eigenvalue weighted by atomic mass is 9.66. The van der Waals surface area contributed by atoms with E-state index >= 15 is 0 Å². The summed E-state index contributed by atoms with van der Waals surface area (Å²) in [5.41, 5.74) is 5.81. The molecule has 4 heteroatoms. The van der Waals surface area contributed by atoms with Gasteiger partial charge in [-0.2, -0.15) is 5.26 Å². The number of amides is 1. The van der Waals surface area contributed by atoms with Gasteiger partial charge in [-0.3, -0.25) is 4.79 Å². The van der Waals surface area contributed by atoms with Crippen molar-refractivity contribution in [2.75, 3.05) is 6.54 Å². The molecule has 0 aliphatic heterocycles. The first kappa shape index (κ1) is 12.4. The van der Waals surface area contributed by atoms with Gasteiger partial charge in [-0.05, 0) is 44.1 Å². The van der Waals surface area contributed by atoms with Crippen LogP contribution in [0, 0.1) is 22.7 Å². The molecule has 17 heavy (non-hydrogen) atoms. The zero-order valence-electron chi connectivity index (χ0n) is 10.2. The highest BCUT2D eigenvalue weighted by atomic mass is 16.1. The van der Waals surface area contributed by atoms with Gasteiger partial charge in [-0.25, -0.2) is 0 Å². The Balaban J connectivity index is 1.83. The Morgan fingerprint density at radius 1 is 1.41 bits per heavy atom. The van der Waals surface area contributed by atoms with Crippen molar-refractivity contribution >= 4 is 5.91 Å². The Morgan fingerprint density at radius 2 is 2.18 bits per heavy atom. The quantitative estimate of drug-likeness (QED) is 0.771. The number of nitrogens with one attached hydrogen (secondary N) is 1. The van der Waals surface area contributed by atoms with Crippen LogP contribution >= 0.6 is 0 Å². The molecule has 1 amide bonds. The molecular formula is C13H21N3O. The summed E-state index contributed by atoms with van der Waals surface area (Å²) in [4.78, 5) is 12.0. The van der Waals surface area contributed by atoms with Crippen molar-refractivity contribution in [3.05, 3.63) is 0 Å². The number of nitrogens with two attached hydrogens (primary N) is 1. The average molecular weight is 235 g/mol. The van der Waals surface area contributed by atoms with Crippen LogP contribution in [0.15, 0.2) is 0 Å². The normalized spacial score (nSPS) is 30.4. The van der Waals surface area contributed by atoms with Crippen molar-refractivity contribution < 1.29 is 4.79 Å². The lowest BCUT2D eigenvalue weighted by Gasteiger charge is -2.40. The molecule has 2 rings (SSSR count). The van der Waals surface area contributed by atoms with Gasteiger partial charge in [-0.1, -0.05) is 6.42 Å². The van der Waals surface area contributed by atoms with E-state index < -0.39 is 0 Å². The molecule has 0 spiro atoms.